The molecule has 146 valence electrons. The monoisotopic (exact) mass is 396 g/mol. The van der Waals surface area contributed by atoms with Gasteiger partial charge in [0, 0.05) is 5.56 Å². The first-order chi connectivity index (χ1) is 14.6. The van der Waals surface area contributed by atoms with Gasteiger partial charge >= 0.3 is 0 Å². The molecule has 2 N–H and O–H groups in total. The van der Waals surface area contributed by atoms with Crippen LogP contribution in [0.5, 0.6) is 5.75 Å². The Morgan fingerprint density at radius 2 is 1.33 bits per heavy atom. The molecule has 0 heterocycles. The lowest BCUT2D eigenvalue weighted by Crippen LogP contribution is -2.17. The Morgan fingerprint density at radius 1 is 0.800 bits per heavy atom. The number of nitrogens with one attached hydrogen (secondary N) is 2. The van der Waals surface area contributed by atoms with Crippen LogP contribution in [0.1, 0.15) is 31.8 Å². The highest BCUT2D eigenvalue weighted by Crippen LogP contribution is 2.24. The number of carbonyl (C=O) groups is 2. The number of ether oxygens (including phenoxy) is 1. The maximum absolute atomic E-state index is 12.8. The largest absolute Gasteiger partial charge is 0.496 e. The molecule has 3 aromatic rings. The summed E-state index contributed by atoms with van der Waals surface area (Å²) in [4.78, 5) is 25.5. The molecule has 0 aliphatic carbocycles. The van der Waals surface area contributed by atoms with Crippen molar-refractivity contribution in [3.05, 3.63) is 89.0 Å². The molecule has 0 radical (unpaired) electrons. The number of nitrogens with zero attached hydrogens (tertiary/aromatic N) is 2. The molecule has 30 heavy (non-hydrogen) atoms. The number of amides is 2. The second-order valence-corrected chi connectivity index (χ2v) is 6.14. The Bertz CT molecular complexity index is 1210. The average Bonchev–Trinajstić information content (AvgIpc) is 2.79. The third-order valence-electron chi connectivity index (χ3n) is 4.30. The first-order valence-electron chi connectivity index (χ1n) is 8.86. The van der Waals surface area contributed by atoms with Gasteiger partial charge in [-0.1, -0.05) is 24.3 Å². The highest BCUT2D eigenvalue weighted by atomic mass is 16.5. The molecule has 3 rings (SSSR count). The van der Waals surface area contributed by atoms with Crippen LogP contribution in [0.15, 0.2) is 66.7 Å². The summed E-state index contributed by atoms with van der Waals surface area (Å²) in [7, 11) is 1.41. The highest BCUT2D eigenvalue weighted by Gasteiger charge is 2.18. The molecule has 0 atom stereocenters. The second kappa shape index (κ2) is 9.05. The summed E-state index contributed by atoms with van der Waals surface area (Å²) in [5.41, 5.74) is 1.70. The Kier molecular flexibility index (Phi) is 6.07. The van der Waals surface area contributed by atoms with E-state index in [1.54, 1.807) is 48.5 Å². The van der Waals surface area contributed by atoms with E-state index in [2.05, 4.69) is 10.6 Å². The van der Waals surface area contributed by atoms with Gasteiger partial charge in [0.2, 0.25) is 0 Å². The van der Waals surface area contributed by atoms with Gasteiger partial charge in [-0.25, -0.2) is 0 Å². The van der Waals surface area contributed by atoms with E-state index in [9.17, 15) is 20.1 Å². The maximum Gasteiger partial charge on any atom is 0.259 e. The van der Waals surface area contributed by atoms with E-state index in [1.165, 1.54) is 25.3 Å². The summed E-state index contributed by atoms with van der Waals surface area (Å²) < 4.78 is 5.25. The topological polar surface area (TPSA) is 115 Å². The fraction of sp³-hybridized carbons (Fsp3) is 0.0435. The number of anilines is 2. The molecule has 0 saturated carbocycles. The van der Waals surface area contributed by atoms with Gasteiger partial charge in [-0.05, 0) is 42.5 Å². The molecule has 0 fully saturated rings. The lowest BCUT2D eigenvalue weighted by atomic mass is 10.1. The normalized spacial score (nSPS) is 9.70. The predicted octanol–water partition coefficient (Wildman–Crippen LogP) is 3.94. The standard InChI is InChI=1S/C23H16N4O3/c1-30-21-11-10-15(22(28)26-19-8-4-2-6-16(19)13-24)12-18(21)23(29)27-20-9-5-3-7-17(20)14-25/h2-12H,1H3,(H,26,28)(H,27,29). The molecular formula is C23H16N4O3. The summed E-state index contributed by atoms with van der Waals surface area (Å²) >= 11 is 0. The molecule has 0 aromatic heterocycles. The van der Waals surface area contributed by atoms with Crippen molar-refractivity contribution < 1.29 is 14.3 Å². The van der Waals surface area contributed by atoms with E-state index in [0.717, 1.165) is 0 Å². The molecule has 0 aliphatic rings. The predicted molar refractivity (Wildman–Crippen MR) is 111 cm³/mol. The second-order valence-electron chi connectivity index (χ2n) is 6.14. The first kappa shape index (κ1) is 20.1. The lowest BCUT2D eigenvalue weighted by Gasteiger charge is -2.12. The molecule has 0 bridgehead atoms. The van der Waals surface area contributed by atoms with Gasteiger partial charge in [0.05, 0.1) is 35.2 Å². The van der Waals surface area contributed by atoms with Crippen molar-refractivity contribution in [3.8, 4) is 17.9 Å². The van der Waals surface area contributed by atoms with Crippen LogP contribution in [-0.4, -0.2) is 18.9 Å². The SMILES string of the molecule is COc1ccc(C(=O)Nc2ccccc2C#N)cc1C(=O)Nc1ccccc1C#N. The molecule has 0 spiro atoms. The van der Waals surface area contributed by atoms with E-state index in [1.807, 2.05) is 12.1 Å². The fourth-order valence-corrected chi connectivity index (χ4v) is 2.79. The van der Waals surface area contributed by atoms with Crippen LogP contribution in [0, 0.1) is 22.7 Å². The molecule has 0 aliphatic heterocycles. The number of para-hydroxylation sites is 2. The molecule has 2 amide bonds. The molecule has 7 nitrogen and oxygen atoms in total. The van der Waals surface area contributed by atoms with Crippen LogP contribution >= 0.6 is 0 Å². The Morgan fingerprint density at radius 3 is 1.87 bits per heavy atom. The molecule has 0 saturated heterocycles. The zero-order valence-electron chi connectivity index (χ0n) is 16.0. The van der Waals surface area contributed by atoms with E-state index in [4.69, 9.17) is 4.74 Å². The van der Waals surface area contributed by atoms with Crippen molar-refractivity contribution in [2.75, 3.05) is 17.7 Å². The van der Waals surface area contributed by atoms with Crippen LogP contribution in [0.25, 0.3) is 0 Å². The minimum Gasteiger partial charge on any atom is -0.496 e. The van der Waals surface area contributed by atoms with Gasteiger partial charge < -0.3 is 15.4 Å². The number of benzene rings is 3. The summed E-state index contributed by atoms with van der Waals surface area (Å²) in [6, 6.07) is 21.6. The zero-order valence-corrected chi connectivity index (χ0v) is 16.0. The quantitative estimate of drug-likeness (QED) is 0.678. The fourth-order valence-electron chi connectivity index (χ4n) is 2.79. The number of hydrogen-bond donors (Lipinski definition) is 2. The summed E-state index contributed by atoms with van der Waals surface area (Å²) in [6.07, 6.45) is 0. The third-order valence-corrected chi connectivity index (χ3v) is 4.30. The number of nitriles is 2. The molecule has 3 aromatic carbocycles. The van der Waals surface area contributed by atoms with Crippen LogP contribution in [0.4, 0.5) is 11.4 Å². The van der Waals surface area contributed by atoms with E-state index in [0.29, 0.717) is 22.5 Å². The van der Waals surface area contributed by atoms with Crippen LogP contribution < -0.4 is 15.4 Å². The van der Waals surface area contributed by atoms with Crippen molar-refractivity contribution in [1.82, 2.24) is 0 Å². The minimum atomic E-state index is -0.526. The van der Waals surface area contributed by atoms with E-state index >= 15 is 0 Å². The number of hydrogen-bond acceptors (Lipinski definition) is 5. The van der Waals surface area contributed by atoms with Crippen LogP contribution in [0.3, 0.4) is 0 Å². The van der Waals surface area contributed by atoms with Crippen molar-refractivity contribution in [2.45, 2.75) is 0 Å². The Hall–Kier alpha value is -4.62. The van der Waals surface area contributed by atoms with Crippen LogP contribution in [-0.2, 0) is 0 Å². The summed E-state index contributed by atoms with van der Waals surface area (Å²) in [5.74, 6) is -0.732. The average molecular weight is 396 g/mol. The summed E-state index contributed by atoms with van der Waals surface area (Å²) in [5, 5.41) is 23.7. The molecular weight excluding hydrogens is 380 g/mol. The molecule has 7 heteroatoms. The number of methoxy groups -OCH3 is 1. The van der Waals surface area contributed by atoms with Gasteiger partial charge in [0.1, 0.15) is 17.9 Å². The van der Waals surface area contributed by atoms with Gasteiger partial charge in [-0.15, -0.1) is 0 Å². The minimum absolute atomic E-state index is 0.131. The van der Waals surface area contributed by atoms with Crippen molar-refractivity contribution in [3.63, 3.8) is 0 Å². The van der Waals surface area contributed by atoms with Gasteiger partial charge in [-0.3, -0.25) is 9.59 Å². The zero-order chi connectivity index (χ0) is 21.5. The number of rotatable bonds is 5. The van der Waals surface area contributed by atoms with Gasteiger partial charge in [-0.2, -0.15) is 10.5 Å². The highest BCUT2D eigenvalue weighted by molar-refractivity contribution is 6.10. The Labute approximate surface area is 173 Å². The Balaban J connectivity index is 1.90. The van der Waals surface area contributed by atoms with E-state index < -0.39 is 11.8 Å². The van der Waals surface area contributed by atoms with Crippen LogP contribution in [0.2, 0.25) is 0 Å². The van der Waals surface area contributed by atoms with Gasteiger partial charge in [0.15, 0.2) is 0 Å². The van der Waals surface area contributed by atoms with Crippen molar-refractivity contribution in [1.29, 1.82) is 10.5 Å². The van der Waals surface area contributed by atoms with Gasteiger partial charge in [0.25, 0.3) is 11.8 Å². The maximum atomic E-state index is 12.8. The van der Waals surface area contributed by atoms with E-state index in [-0.39, 0.29) is 16.9 Å². The molecule has 0 unspecified atom stereocenters. The third kappa shape index (κ3) is 4.27. The lowest BCUT2D eigenvalue weighted by molar-refractivity contribution is 0.102. The summed E-state index contributed by atoms with van der Waals surface area (Å²) in [6.45, 7) is 0. The smallest absolute Gasteiger partial charge is 0.259 e. The van der Waals surface area contributed by atoms with Crippen molar-refractivity contribution >= 4 is 23.2 Å². The van der Waals surface area contributed by atoms with Crippen molar-refractivity contribution in [2.24, 2.45) is 0 Å². The first-order valence-corrected chi connectivity index (χ1v) is 8.86. The number of carbonyl (C=O) groups excluding carboxylic acids is 2.